The number of hydrogen-bond acceptors (Lipinski definition) is 4. The van der Waals surface area contributed by atoms with Crippen molar-refractivity contribution in [3.8, 4) is 0 Å². The summed E-state index contributed by atoms with van der Waals surface area (Å²) >= 11 is 0. The molecule has 0 bridgehead atoms. The zero-order chi connectivity index (χ0) is 14.0. The molecular formula is C13H28N2O2S. The summed E-state index contributed by atoms with van der Waals surface area (Å²) in [6.07, 6.45) is 1.78. The van der Waals surface area contributed by atoms with Crippen LogP contribution in [0.25, 0.3) is 0 Å². The predicted octanol–water partition coefficient (Wildman–Crippen LogP) is 1.27. The normalized spacial score (nSPS) is 28.2. The molecule has 0 spiro atoms. The highest BCUT2D eigenvalue weighted by Crippen LogP contribution is 2.28. The molecule has 3 unspecified atom stereocenters. The van der Waals surface area contributed by atoms with E-state index in [9.17, 15) is 8.42 Å². The van der Waals surface area contributed by atoms with E-state index in [-0.39, 0.29) is 11.6 Å². The molecule has 1 fully saturated rings. The Morgan fingerprint density at radius 3 is 2.44 bits per heavy atom. The van der Waals surface area contributed by atoms with Gasteiger partial charge in [0.25, 0.3) is 0 Å². The highest BCUT2D eigenvalue weighted by Gasteiger charge is 2.40. The Morgan fingerprint density at radius 2 is 2.06 bits per heavy atom. The highest BCUT2D eigenvalue weighted by atomic mass is 32.2. The molecule has 0 aliphatic carbocycles. The van der Waals surface area contributed by atoms with Gasteiger partial charge in [-0.1, -0.05) is 13.8 Å². The van der Waals surface area contributed by atoms with Crippen LogP contribution in [0.5, 0.6) is 0 Å². The number of hydrogen-bond donors (Lipinski definition) is 1. The summed E-state index contributed by atoms with van der Waals surface area (Å²) in [4.78, 5) is 2.28. The molecule has 5 heteroatoms. The van der Waals surface area contributed by atoms with Crippen LogP contribution in [0.1, 0.15) is 40.5 Å². The summed E-state index contributed by atoms with van der Waals surface area (Å²) in [5, 5.41) is 3.47. The first-order valence-corrected chi connectivity index (χ1v) is 8.75. The lowest BCUT2D eigenvalue weighted by Gasteiger charge is -2.46. The average Bonchev–Trinajstić information content (AvgIpc) is 2.67. The zero-order valence-electron chi connectivity index (χ0n) is 12.4. The molecule has 3 atom stereocenters. The quantitative estimate of drug-likeness (QED) is 0.794. The topological polar surface area (TPSA) is 49.4 Å². The van der Waals surface area contributed by atoms with Crippen molar-refractivity contribution in [2.45, 2.75) is 58.2 Å². The molecule has 108 valence electrons. The lowest BCUT2D eigenvalue weighted by Crippen LogP contribution is -2.59. The maximum Gasteiger partial charge on any atom is 0.151 e. The molecule has 1 heterocycles. The Labute approximate surface area is 112 Å². The molecule has 1 N–H and O–H groups in total. The van der Waals surface area contributed by atoms with Gasteiger partial charge in [0, 0.05) is 17.6 Å². The summed E-state index contributed by atoms with van der Waals surface area (Å²) in [7, 11) is -0.737. The SMILES string of the molecule is CCNC(C)C(C)(CC)N(C)C1CCS(=O)(=O)C1. The van der Waals surface area contributed by atoms with Crippen molar-refractivity contribution in [2.24, 2.45) is 0 Å². The molecule has 1 saturated heterocycles. The van der Waals surface area contributed by atoms with Crippen LogP contribution in [0.4, 0.5) is 0 Å². The van der Waals surface area contributed by atoms with Gasteiger partial charge >= 0.3 is 0 Å². The zero-order valence-corrected chi connectivity index (χ0v) is 13.2. The van der Waals surface area contributed by atoms with Gasteiger partial charge in [0.05, 0.1) is 11.5 Å². The van der Waals surface area contributed by atoms with E-state index in [1.54, 1.807) is 0 Å². The molecule has 0 aromatic carbocycles. The average molecular weight is 276 g/mol. The molecular weight excluding hydrogens is 248 g/mol. The van der Waals surface area contributed by atoms with E-state index in [1.807, 2.05) is 0 Å². The number of rotatable bonds is 6. The van der Waals surface area contributed by atoms with Gasteiger partial charge in [-0.3, -0.25) is 4.90 Å². The Kier molecular flexibility index (Phi) is 5.21. The first kappa shape index (κ1) is 15.9. The van der Waals surface area contributed by atoms with E-state index < -0.39 is 9.84 Å². The largest absolute Gasteiger partial charge is 0.313 e. The third kappa shape index (κ3) is 3.25. The molecule has 1 aliphatic rings. The maximum absolute atomic E-state index is 11.6. The molecule has 0 aromatic heterocycles. The molecule has 4 nitrogen and oxygen atoms in total. The second-order valence-electron chi connectivity index (χ2n) is 5.66. The van der Waals surface area contributed by atoms with Crippen LogP contribution in [0.2, 0.25) is 0 Å². The highest BCUT2D eigenvalue weighted by molar-refractivity contribution is 7.91. The minimum absolute atomic E-state index is 0.000532. The standard InChI is InChI=1S/C13H28N2O2S/c1-6-13(4,11(3)14-7-2)15(5)12-8-9-18(16,17)10-12/h11-12,14H,6-10H2,1-5H3. The van der Waals surface area contributed by atoms with Crippen LogP contribution in [0, 0.1) is 0 Å². The number of likely N-dealkylation sites (N-methyl/N-ethyl adjacent to an activating group) is 2. The summed E-state index contributed by atoms with van der Waals surface area (Å²) in [6.45, 7) is 9.63. The van der Waals surface area contributed by atoms with E-state index in [0.29, 0.717) is 17.5 Å². The van der Waals surface area contributed by atoms with Crippen LogP contribution < -0.4 is 5.32 Å². The first-order valence-electron chi connectivity index (χ1n) is 6.93. The van der Waals surface area contributed by atoms with Crippen molar-refractivity contribution < 1.29 is 8.42 Å². The van der Waals surface area contributed by atoms with Crippen LogP contribution in [-0.4, -0.2) is 56.0 Å². The number of nitrogens with zero attached hydrogens (tertiary/aromatic N) is 1. The fraction of sp³-hybridized carbons (Fsp3) is 1.00. The van der Waals surface area contributed by atoms with Gasteiger partial charge in [-0.05, 0) is 40.3 Å². The van der Waals surface area contributed by atoms with Gasteiger partial charge < -0.3 is 5.32 Å². The summed E-state index contributed by atoms with van der Waals surface area (Å²) in [5.41, 5.74) is 0.000532. The van der Waals surface area contributed by atoms with Crippen molar-refractivity contribution >= 4 is 9.84 Å². The summed E-state index contributed by atoms with van der Waals surface area (Å²) in [6, 6.07) is 0.516. The van der Waals surface area contributed by atoms with Crippen molar-refractivity contribution in [3.63, 3.8) is 0 Å². The van der Waals surface area contributed by atoms with Gasteiger partial charge in [-0.2, -0.15) is 0 Å². The Hall–Kier alpha value is -0.130. The van der Waals surface area contributed by atoms with Crippen molar-refractivity contribution in [1.82, 2.24) is 10.2 Å². The maximum atomic E-state index is 11.6. The second-order valence-corrected chi connectivity index (χ2v) is 7.89. The van der Waals surface area contributed by atoms with Crippen molar-refractivity contribution in [1.29, 1.82) is 0 Å². The van der Waals surface area contributed by atoms with Crippen LogP contribution >= 0.6 is 0 Å². The van der Waals surface area contributed by atoms with Gasteiger partial charge in [0.1, 0.15) is 0 Å². The van der Waals surface area contributed by atoms with Crippen molar-refractivity contribution in [3.05, 3.63) is 0 Å². The van der Waals surface area contributed by atoms with E-state index in [4.69, 9.17) is 0 Å². The Morgan fingerprint density at radius 1 is 1.44 bits per heavy atom. The lowest BCUT2D eigenvalue weighted by atomic mass is 9.87. The molecule has 0 radical (unpaired) electrons. The Balaban J connectivity index is 2.82. The lowest BCUT2D eigenvalue weighted by molar-refractivity contribution is 0.0613. The number of nitrogens with one attached hydrogen (secondary N) is 1. The van der Waals surface area contributed by atoms with E-state index in [0.717, 1.165) is 19.4 Å². The van der Waals surface area contributed by atoms with Gasteiger partial charge in [-0.25, -0.2) is 8.42 Å². The fourth-order valence-electron chi connectivity index (χ4n) is 2.89. The second kappa shape index (κ2) is 5.88. The molecule has 0 amide bonds. The first-order chi connectivity index (χ1) is 8.27. The predicted molar refractivity (Wildman–Crippen MR) is 76.7 cm³/mol. The molecule has 0 saturated carbocycles. The van der Waals surface area contributed by atoms with Crippen LogP contribution in [-0.2, 0) is 9.84 Å². The molecule has 1 rings (SSSR count). The number of sulfone groups is 1. The van der Waals surface area contributed by atoms with Crippen LogP contribution in [0.15, 0.2) is 0 Å². The summed E-state index contributed by atoms with van der Waals surface area (Å²) < 4.78 is 23.2. The van der Waals surface area contributed by atoms with E-state index in [1.165, 1.54) is 0 Å². The van der Waals surface area contributed by atoms with Gasteiger partial charge in [0.2, 0.25) is 0 Å². The third-order valence-corrected chi connectivity index (χ3v) is 6.47. The smallest absolute Gasteiger partial charge is 0.151 e. The molecule has 18 heavy (non-hydrogen) atoms. The van der Waals surface area contributed by atoms with Gasteiger partial charge in [0.15, 0.2) is 9.84 Å². The molecule has 1 aliphatic heterocycles. The van der Waals surface area contributed by atoms with Crippen LogP contribution in [0.3, 0.4) is 0 Å². The minimum atomic E-state index is -2.81. The monoisotopic (exact) mass is 276 g/mol. The van der Waals surface area contributed by atoms with E-state index >= 15 is 0 Å². The summed E-state index contributed by atoms with van der Waals surface area (Å²) in [5.74, 6) is 0.662. The van der Waals surface area contributed by atoms with Crippen molar-refractivity contribution in [2.75, 3.05) is 25.1 Å². The fourth-order valence-corrected chi connectivity index (χ4v) is 4.66. The molecule has 0 aromatic rings. The van der Waals surface area contributed by atoms with E-state index in [2.05, 4.69) is 45.0 Å². The Bertz CT molecular complexity index is 369. The van der Waals surface area contributed by atoms with Gasteiger partial charge in [-0.15, -0.1) is 0 Å². The third-order valence-electron chi connectivity index (χ3n) is 4.72. The minimum Gasteiger partial charge on any atom is -0.313 e.